The van der Waals surface area contributed by atoms with Gasteiger partial charge in [-0.25, -0.2) is 4.57 Å². The summed E-state index contributed by atoms with van der Waals surface area (Å²) in [6.07, 6.45) is 0. The van der Waals surface area contributed by atoms with Crippen LogP contribution in [0.2, 0.25) is 0 Å². The molecule has 7 heteroatoms. The minimum atomic E-state index is -3.32. The second kappa shape index (κ2) is 7.92. The molecule has 0 aliphatic carbocycles. The molecule has 2 aromatic carbocycles. The van der Waals surface area contributed by atoms with Crippen LogP contribution in [0.5, 0.6) is 11.5 Å². The van der Waals surface area contributed by atoms with Crippen molar-refractivity contribution in [1.82, 2.24) is 0 Å². The third-order valence-electron chi connectivity index (χ3n) is 2.23. The van der Waals surface area contributed by atoms with Gasteiger partial charge in [0.2, 0.25) is 0 Å². The predicted molar refractivity (Wildman–Crippen MR) is 92.8 cm³/mol. The van der Waals surface area contributed by atoms with E-state index in [1.807, 2.05) is 36.4 Å². The van der Waals surface area contributed by atoms with Crippen molar-refractivity contribution in [3.8, 4) is 11.5 Å². The molecule has 20 heavy (non-hydrogen) atoms. The normalized spacial score (nSPS) is 12.1. The molecule has 0 amide bonds. The molecule has 2 rings (SSSR count). The zero-order chi connectivity index (χ0) is 14.3. The monoisotopic (exact) mass is 342 g/mol. The Kier molecular flexibility index (Phi) is 6.21. The van der Waals surface area contributed by atoms with Gasteiger partial charge in [0.1, 0.15) is 11.5 Å². The van der Waals surface area contributed by atoms with E-state index in [9.17, 15) is 4.57 Å². The lowest BCUT2D eigenvalue weighted by atomic mass is 10.3. The van der Waals surface area contributed by atoms with E-state index in [-0.39, 0.29) is 0 Å². The molecule has 0 aliphatic heterocycles. The third kappa shape index (κ3) is 5.01. The minimum absolute atomic E-state index is 0.533. The highest BCUT2D eigenvalue weighted by atomic mass is 32.4. The zero-order valence-corrected chi connectivity index (χ0v) is 14.5. The lowest BCUT2D eigenvalue weighted by Crippen LogP contribution is -2.01. The Labute approximate surface area is 124 Å². The summed E-state index contributed by atoms with van der Waals surface area (Å²) in [5, 5.41) is 0. The van der Waals surface area contributed by atoms with E-state index >= 15 is 0 Å². The first-order valence-corrected chi connectivity index (χ1v) is 12.0. The Morgan fingerprint density at radius 1 is 0.950 bits per heavy atom. The molecule has 2 atom stereocenters. The van der Waals surface area contributed by atoms with Gasteiger partial charge in [0.05, 0.1) is 5.54 Å². The number of hydrogen-bond acceptors (Lipinski definition) is 3. The van der Waals surface area contributed by atoms with Crippen LogP contribution in [0.15, 0.2) is 60.7 Å². The Bertz CT molecular complexity index is 556. The van der Waals surface area contributed by atoms with Gasteiger partial charge in [-0.05, 0) is 32.2 Å². The molecule has 0 bridgehead atoms. The van der Waals surface area contributed by atoms with E-state index in [1.54, 1.807) is 29.8 Å². The molecule has 0 fully saturated rings. The summed E-state index contributed by atoms with van der Waals surface area (Å²) in [4.78, 5) is 0. The Hall–Kier alpha value is -0.700. The maximum absolute atomic E-state index is 12.8. The first kappa shape index (κ1) is 15.7. The van der Waals surface area contributed by atoms with Crippen LogP contribution < -0.4 is 9.05 Å². The molecule has 2 unspecified atom stereocenters. The van der Waals surface area contributed by atoms with Crippen molar-refractivity contribution in [2.75, 3.05) is 0 Å². The Balaban J connectivity index is 2.21. The molecule has 0 spiro atoms. The Morgan fingerprint density at radius 3 is 1.80 bits per heavy atom. The van der Waals surface area contributed by atoms with Gasteiger partial charge in [0.25, 0.3) is 0 Å². The standard InChI is InChI=1S/C13H14O3P4/c14-20(11-18-19-17,15-12-7-3-1-4-8-12)16-13-9-5-2-6-10-13/h1-11,19H,17H2. The summed E-state index contributed by atoms with van der Waals surface area (Å²) in [5.41, 5.74) is 1.60. The van der Waals surface area contributed by atoms with Crippen LogP contribution in [0.25, 0.3) is 0 Å². The fourth-order valence-electron chi connectivity index (χ4n) is 1.43. The number of rotatable bonds is 6. The summed E-state index contributed by atoms with van der Waals surface area (Å²) in [5.74, 6) is 1.07. The maximum atomic E-state index is 12.8. The number of para-hydroxylation sites is 2. The second-order valence-corrected chi connectivity index (χ2v) is 10.5. The van der Waals surface area contributed by atoms with E-state index in [0.29, 0.717) is 19.5 Å². The van der Waals surface area contributed by atoms with Gasteiger partial charge in [0, 0.05) is 0 Å². The molecule has 0 heterocycles. The van der Waals surface area contributed by atoms with Gasteiger partial charge in [-0.15, -0.1) is 8.93 Å². The quantitative estimate of drug-likeness (QED) is 0.657. The summed E-state index contributed by atoms with van der Waals surface area (Å²) in [6.45, 7) is 0. The zero-order valence-electron chi connectivity index (χ0n) is 10.5. The molecule has 0 N–H and O–H groups in total. The Morgan fingerprint density at radius 2 is 1.40 bits per heavy atom. The number of benzene rings is 2. The molecule has 3 nitrogen and oxygen atoms in total. The SMILES string of the molecule is O=P(C=PPP)(Oc1ccccc1)Oc1ccccc1. The van der Waals surface area contributed by atoms with Crippen molar-refractivity contribution in [2.45, 2.75) is 0 Å². The predicted octanol–water partition coefficient (Wildman–Crippen LogP) is 5.43. The van der Waals surface area contributed by atoms with Crippen molar-refractivity contribution in [2.24, 2.45) is 0 Å². The van der Waals surface area contributed by atoms with Gasteiger partial charge in [-0.3, -0.25) is 0 Å². The summed E-state index contributed by atoms with van der Waals surface area (Å²) >= 11 is 0. The van der Waals surface area contributed by atoms with E-state index < -0.39 is 7.60 Å². The average Bonchev–Trinajstić information content (AvgIpc) is 2.47. The first-order valence-electron chi connectivity index (χ1n) is 5.81. The third-order valence-corrected chi connectivity index (χ3v) is 7.73. The maximum Gasteiger partial charge on any atom is 0.460 e. The van der Waals surface area contributed by atoms with Gasteiger partial charge < -0.3 is 9.05 Å². The molecule has 0 radical (unpaired) electrons. The number of hydrogen-bond donors (Lipinski definition) is 0. The molecule has 2 aromatic rings. The fourth-order valence-corrected chi connectivity index (χ4v) is 7.18. The van der Waals surface area contributed by atoms with E-state index in [4.69, 9.17) is 9.05 Å². The lowest BCUT2D eigenvalue weighted by molar-refractivity contribution is 0.404. The van der Waals surface area contributed by atoms with Crippen molar-refractivity contribution in [3.63, 3.8) is 0 Å². The fraction of sp³-hybridized carbons (Fsp3) is 0. The van der Waals surface area contributed by atoms with E-state index in [1.165, 1.54) is 0 Å². The second-order valence-electron chi connectivity index (χ2n) is 3.72. The minimum Gasteiger partial charge on any atom is -0.413 e. The largest absolute Gasteiger partial charge is 0.460 e. The van der Waals surface area contributed by atoms with Crippen molar-refractivity contribution < 1.29 is 13.6 Å². The van der Waals surface area contributed by atoms with Gasteiger partial charge in [-0.2, -0.15) is 0 Å². The van der Waals surface area contributed by atoms with Crippen LogP contribution >= 0.6 is 32.4 Å². The first-order chi connectivity index (χ1) is 9.72. The molecule has 0 saturated carbocycles. The summed E-state index contributed by atoms with van der Waals surface area (Å²) < 4.78 is 23.9. The van der Waals surface area contributed by atoms with Crippen LogP contribution in [-0.2, 0) is 4.57 Å². The van der Waals surface area contributed by atoms with Crippen molar-refractivity contribution >= 4 is 37.9 Å². The smallest absolute Gasteiger partial charge is 0.413 e. The highest BCUT2D eigenvalue weighted by molar-refractivity contribution is 8.39. The van der Waals surface area contributed by atoms with Crippen LogP contribution in [-0.4, -0.2) is 5.54 Å². The van der Waals surface area contributed by atoms with Crippen LogP contribution in [0, 0.1) is 0 Å². The molecule has 104 valence electrons. The highest BCUT2D eigenvalue weighted by Gasteiger charge is 2.24. The highest BCUT2D eigenvalue weighted by Crippen LogP contribution is 2.50. The molecule has 0 aromatic heterocycles. The van der Waals surface area contributed by atoms with Gasteiger partial charge >= 0.3 is 7.60 Å². The lowest BCUT2D eigenvalue weighted by Gasteiger charge is -2.16. The summed E-state index contributed by atoms with van der Waals surface area (Å²) in [6, 6.07) is 18.1. The average molecular weight is 342 g/mol. The topological polar surface area (TPSA) is 35.5 Å². The molecular weight excluding hydrogens is 328 g/mol. The molecule has 0 saturated heterocycles. The van der Waals surface area contributed by atoms with E-state index in [0.717, 1.165) is 7.89 Å². The van der Waals surface area contributed by atoms with Crippen LogP contribution in [0.3, 0.4) is 0 Å². The van der Waals surface area contributed by atoms with Crippen LogP contribution in [0.1, 0.15) is 0 Å². The van der Waals surface area contributed by atoms with Gasteiger partial charge in [-0.1, -0.05) is 44.3 Å². The van der Waals surface area contributed by atoms with Crippen LogP contribution in [0.4, 0.5) is 0 Å². The molecule has 0 aliphatic rings. The summed E-state index contributed by atoms with van der Waals surface area (Å²) in [7, 11) is 0.753. The van der Waals surface area contributed by atoms with E-state index in [2.05, 4.69) is 8.93 Å². The van der Waals surface area contributed by atoms with Gasteiger partial charge in [0.15, 0.2) is 0 Å². The van der Waals surface area contributed by atoms with Crippen molar-refractivity contribution in [1.29, 1.82) is 0 Å². The van der Waals surface area contributed by atoms with Crippen molar-refractivity contribution in [3.05, 3.63) is 60.7 Å². The molecular formula is C13H14O3P4.